The predicted octanol–water partition coefficient (Wildman–Crippen LogP) is 2.78. The Morgan fingerprint density at radius 3 is 2.65 bits per heavy atom. The highest BCUT2D eigenvalue weighted by molar-refractivity contribution is 7.07. The third-order valence-corrected chi connectivity index (χ3v) is 6.61. The maximum Gasteiger partial charge on any atom is 0.225 e. The molecule has 6 heteroatoms. The number of aliphatic hydroxyl groups excluding tert-OH is 1. The number of hydrogen-bond acceptors (Lipinski definition) is 5. The first-order valence-corrected chi connectivity index (χ1v) is 10.5. The van der Waals surface area contributed by atoms with Crippen LogP contribution in [0.1, 0.15) is 52.5 Å². The molecular weight excluding hydrogens is 348 g/mol. The van der Waals surface area contributed by atoms with Gasteiger partial charge < -0.3 is 15.2 Å². The molecule has 2 atom stereocenters. The molecular formula is C20H32N2O3S. The van der Waals surface area contributed by atoms with Crippen LogP contribution in [-0.2, 0) is 16.1 Å². The average molecular weight is 381 g/mol. The van der Waals surface area contributed by atoms with Crippen LogP contribution >= 0.6 is 11.3 Å². The Bertz CT molecular complexity index is 618. The smallest absolute Gasteiger partial charge is 0.225 e. The van der Waals surface area contributed by atoms with Crippen LogP contribution in [0.5, 0.6) is 0 Å². The lowest BCUT2D eigenvalue weighted by molar-refractivity contribution is -0.209. The van der Waals surface area contributed by atoms with Crippen molar-refractivity contribution in [2.24, 2.45) is 5.41 Å². The van der Waals surface area contributed by atoms with Gasteiger partial charge in [0.25, 0.3) is 0 Å². The van der Waals surface area contributed by atoms with E-state index in [2.05, 4.69) is 27.0 Å². The van der Waals surface area contributed by atoms with Crippen LogP contribution in [0, 0.1) is 5.41 Å². The molecule has 1 aromatic heterocycles. The standard InChI is InChI=1S/C20H32N2O3S/c1-18(2,3)17(24)21-19(4)8-11-25-20(16(19)23)6-9-22(10-7-20)13-15-5-12-26-14-15/h5,12,14,16,23H,6-11,13H2,1-4H3,(H,21,24)/t16-,19+/m0/s1. The summed E-state index contributed by atoms with van der Waals surface area (Å²) in [5, 5.41) is 18.6. The van der Waals surface area contributed by atoms with E-state index in [-0.39, 0.29) is 5.91 Å². The van der Waals surface area contributed by atoms with Crippen molar-refractivity contribution in [3.8, 4) is 0 Å². The Labute approximate surface area is 160 Å². The van der Waals surface area contributed by atoms with E-state index in [9.17, 15) is 9.90 Å². The third kappa shape index (κ3) is 3.98. The van der Waals surface area contributed by atoms with Gasteiger partial charge in [-0.25, -0.2) is 0 Å². The zero-order valence-corrected chi connectivity index (χ0v) is 17.2. The topological polar surface area (TPSA) is 61.8 Å². The van der Waals surface area contributed by atoms with Crippen LogP contribution in [0.15, 0.2) is 16.8 Å². The van der Waals surface area contributed by atoms with Gasteiger partial charge in [0.05, 0.1) is 11.1 Å². The van der Waals surface area contributed by atoms with Gasteiger partial charge >= 0.3 is 0 Å². The minimum absolute atomic E-state index is 0.0222. The first kappa shape index (κ1) is 19.8. The van der Waals surface area contributed by atoms with Crippen molar-refractivity contribution in [3.63, 3.8) is 0 Å². The van der Waals surface area contributed by atoms with E-state index in [4.69, 9.17) is 4.74 Å². The van der Waals surface area contributed by atoms with Gasteiger partial charge in [-0.2, -0.15) is 11.3 Å². The Morgan fingerprint density at radius 1 is 1.38 bits per heavy atom. The number of likely N-dealkylation sites (tertiary alicyclic amines) is 1. The quantitative estimate of drug-likeness (QED) is 0.846. The molecule has 5 nitrogen and oxygen atoms in total. The molecule has 0 aliphatic carbocycles. The molecule has 0 bridgehead atoms. The van der Waals surface area contributed by atoms with E-state index in [1.54, 1.807) is 11.3 Å². The summed E-state index contributed by atoms with van der Waals surface area (Å²) in [4.78, 5) is 14.9. The fourth-order valence-corrected chi connectivity index (χ4v) is 4.65. The molecule has 1 aromatic rings. The highest BCUT2D eigenvalue weighted by atomic mass is 32.1. The summed E-state index contributed by atoms with van der Waals surface area (Å²) in [6.45, 7) is 11.0. The molecule has 1 amide bonds. The molecule has 0 saturated carbocycles. The molecule has 26 heavy (non-hydrogen) atoms. The summed E-state index contributed by atoms with van der Waals surface area (Å²) >= 11 is 1.73. The minimum Gasteiger partial charge on any atom is -0.388 e. The molecule has 2 N–H and O–H groups in total. The number of nitrogens with zero attached hydrogens (tertiary/aromatic N) is 1. The van der Waals surface area contributed by atoms with Gasteiger partial charge in [-0.1, -0.05) is 20.8 Å². The number of amides is 1. The Kier molecular flexibility index (Phi) is 5.50. The van der Waals surface area contributed by atoms with Gasteiger partial charge in [0.1, 0.15) is 6.10 Å². The summed E-state index contributed by atoms with van der Waals surface area (Å²) in [5.74, 6) is -0.0222. The fourth-order valence-electron chi connectivity index (χ4n) is 3.99. The Hall–Kier alpha value is -0.950. The van der Waals surface area contributed by atoms with E-state index >= 15 is 0 Å². The van der Waals surface area contributed by atoms with Crippen molar-refractivity contribution in [2.75, 3.05) is 19.7 Å². The number of piperidine rings is 1. The lowest BCUT2D eigenvalue weighted by Gasteiger charge is -2.54. The molecule has 3 heterocycles. The normalized spacial score (nSPS) is 29.7. The van der Waals surface area contributed by atoms with Gasteiger partial charge in [0.2, 0.25) is 5.91 Å². The molecule has 146 valence electrons. The summed E-state index contributed by atoms with van der Waals surface area (Å²) < 4.78 is 6.14. The SMILES string of the molecule is CC(C)(C)C(=O)N[C@]1(C)CCOC2(CCN(Cc3ccsc3)CC2)[C@H]1O. The number of carbonyl (C=O) groups is 1. The zero-order valence-electron chi connectivity index (χ0n) is 16.4. The van der Waals surface area contributed by atoms with Gasteiger partial charge in [0, 0.05) is 31.7 Å². The lowest BCUT2D eigenvalue weighted by Crippen LogP contribution is -2.69. The van der Waals surface area contributed by atoms with Gasteiger partial charge in [-0.3, -0.25) is 9.69 Å². The molecule has 0 unspecified atom stereocenters. The molecule has 2 saturated heterocycles. The van der Waals surface area contributed by atoms with Crippen LogP contribution in [0.4, 0.5) is 0 Å². The fraction of sp³-hybridized carbons (Fsp3) is 0.750. The van der Waals surface area contributed by atoms with Crippen LogP contribution in [0.3, 0.4) is 0 Å². The second-order valence-corrected chi connectivity index (χ2v) is 9.88. The molecule has 1 spiro atoms. The summed E-state index contributed by atoms with van der Waals surface area (Å²) in [6.07, 6.45) is 1.52. The Morgan fingerprint density at radius 2 is 2.08 bits per heavy atom. The van der Waals surface area contributed by atoms with Crippen LogP contribution < -0.4 is 5.32 Å². The number of ether oxygens (including phenoxy) is 1. The maximum atomic E-state index is 12.5. The van der Waals surface area contributed by atoms with Crippen molar-refractivity contribution in [3.05, 3.63) is 22.4 Å². The van der Waals surface area contributed by atoms with E-state index < -0.39 is 22.7 Å². The van der Waals surface area contributed by atoms with Gasteiger partial charge in [0.15, 0.2) is 0 Å². The second-order valence-electron chi connectivity index (χ2n) is 9.10. The first-order valence-electron chi connectivity index (χ1n) is 9.53. The maximum absolute atomic E-state index is 12.5. The second kappa shape index (κ2) is 7.23. The monoisotopic (exact) mass is 380 g/mol. The van der Waals surface area contributed by atoms with Crippen molar-refractivity contribution in [2.45, 2.75) is 70.7 Å². The summed E-state index contributed by atoms with van der Waals surface area (Å²) in [5.41, 5.74) is -0.321. The predicted molar refractivity (Wildman–Crippen MR) is 104 cm³/mol. The number of rotatable bonds is 3. The molecule has 3 rings (SSSR count). The highest BCUT2D eigenvalue weighted by Crippen LogP contribution is 2.40. The van der Waals surface area contributed by atoms with Crippen molar-refractivity contribution < 1.29 is 14.6 Å². The number of hydrogen-bond donors (Lipinski definition) is 2. The number of aliphatic hydroxyl groups is 1. The minimum atomic E-state index is -0.696. The van der Waals surface area contributed by atoms with Crippen LogP contribution in [0.2, 0.25) is 0 Å². The molecule has 2 aliphatic rings. The zero-order chi connectivity index (χ0) is 19.0. The van der Waals surface area contributed by atoms with E-state index in [1.165, 1.54) is 5.56 Å². The van der Waals surface area contributed by atoms with Crippen molar-refractivity contribution in [1.82, 2.24) is 10.2 Å². The molecule has 0 radical (unpaired) electrons. The number of nitrogens with one attached hydrogen (secondary N) is 1. The third-order valence-electron chi connectivity index (χ3n) is 5.88. The largest absolute Gasteiger partial charge is 0.388 e. The van der Waals surface area contributed by atoms with E-state index in [0.29, 0.717) is 13.0 Å². The van der Waals surface area contributed by atoms with Gasteiger partial charge in [-0.15, -0.1) is 0 Å². The number of thiophene rings is 1. The van der Waals surface area contributed by atoms with E-state index in [0.717, 1.165) is 32.5 Å². The van der Waals surface area contributed by atoms with Crippen LogP contribution in [-0.4, -0.2) is 52.9 Å². The molecule has 2 aliphatic heterocycles. The molecule has 2 fully saturated rings. The Balaban J connectivity index is 1.66. The number of carbonyl (C=O) groups excluding carboxylic acids is 1. The lowest BCUT2D eigenvalue weighted by atomic mass is 9.72. The first-order chi connectivity index (χ1) is 12.1. The summed E-state index contributed by atoms with van der Waals surface area (Å²) in [6, 6.07) is 2.17. The van der Waals surface area contributed by atoms with Crippen molar-refractivity contribution >= 4 is 17.2 Å². The van der Waals surface area contributed by atoms with Crippen LogP contribution in [0.25, 0.3) is 0 Å². The molecule has 0 aromatic carbocycles. The van der Waals surface area contributed by atoms with Gasteiger partial charge in [-0.05, 0) is 48.6 Å². The summed E-state index contributed by atoms with van der Waals surface area (Å²) in [7, 11) is 0. The van der Waals surface area contributed by atoms with E-state index in [1.807, 2.05) is 27.7 Å². The highest BCUT2D eigenvalue weighted by Gasteiger charge is 2.54. The van der Waals surface area contributed by atoms with Crippen molar-refractivity contribution in [1.29, 1.82) is 0 Å². The average Bonchev–Trinajstić information content (AvgIpc) is 3.07.